The molecule has 1 heterocycles. The van der Waals surface area contributed by atoms with Crippen molar-refractivity contribution in [3.63, 3.8) is 0 Å². The van der Waals surface area contributed by atoms with Crippen LogP contribution in [0.2, 0.25) is 0 Å². The van der Waals surface area contributed by atoms with Gasteiger partial charge in [-0.05, 0) is 25.5 Å². The summed E-state index contributed by atoms with van der Waals surface area (Å²) in [4.78, 5) is 14.5. The molecule has 0 aliphatic rings. The standard InChI is InChI=1S/C7H7NOS/c1-5-3-7(8-4-9)10-6(5)2/h3H,1-2H3. The normalized spacial score (nSPS) is 9.00. The van der Waals surface area contributed by atoms with Crippen LogP contribution in [0.4, 0.5) is 5.00 Å². The highest BCUT2D eigenvalue weighted by molar-refractivity contribution is 7.15. The highest BCUT2D eigenvalue weighted by atomic mass is 32.1. The van der Waals surface area contributed by atoms with Crippen molar-refractivity contribution in [1.82, 2.24) is 0 Å². The molecule has 1 aromatic rings. The molecular formula is C7H7NOS. The lowest BCUT2D eigenvalue weighted by molar-refractivity contribution is 0.565. The number of aliphatic imine (C=N–C) groups is 1. The molecule has 0 aromatic carbocycles. The second-order valence-electron chi connectivity index (χ2n) is 2.03. The fourth-order valence-electron chi connectivity index (χ4n) is 0.654. The van der Waals surface area contributed by atoms with E-state index < -0.39 is 0 Å². The summed E-state index contributed by atoms with van der Waals surface area (Å²) in [6, 6.07) is 1.88. The topological polar surface area (TPSA) is 29.4 Å². The van der Waals surface area contributed by atoms with Gasteiger partial charge < -0.3 is 0 Å². The van der Waals surface area contributed by atoms with Crippen LogP contribution in [0.25, 0.3) is 0 Å². The maximum absolute atomic E-state index is 9.81. The van der Waals surface area contributed by atoms with E-state index in [0.717, 1.165) is 5.00 Å². The summed E-state index contributed by atoms with van der Waals surface area (Å²) in [5, 5.41) is 0.741. The molecule has 10 heavy (non-hydrogen) atoms. The molecule has 0 saturated carbocycles. The van der Waals surface area contributed by atoms with E-state index in [1.54, 1.807) is 0 Å². The quantitative estimate of drug-likeness (QED) is 0.449. The Morgan fingerprint density at radius 3 is 2.70 bits per heavy atom. The van der Waals surface area contributed by atoms with Gasteiger partial charge in [0.1, 0.15) is 5.00 Å². The summed E-state index contributed by atoms with van der Waals surface area (Å²) in [6.07, 6.45) is 1.51. The van der Waals surface area contributed by atoms with E-state index in [0.29, 0.717) is 0 Å². The van der Waals surface area contributed by atoms with Gasteiger partial charge in [-0.15, -0.1) is 11.3 Å². The average Bonchev–Trinajstić information content (AvgIpc) is 2.14. The van der Waals surface area contributed by atoms with Gasteiger partial charge >= 0.3 is 0 Å². The van der Waals surface area contributed by atoms with Crippen LogP contribution in [0.15, 0.2) is 11.1 Å². The van der Waals surface area contributed by atoms with Gasteiger partial charge in [-0.25, -0.2) is 4.79 Å². The number of hydrogen-bond donors (Lipinski definition) is 0. The van der Waals surface area contributed by atoms with Gasteiger partial charge in [-0.3, -0.25) is 0 Å². The largest absolute Gasteiger partial charge is 0.241 e. The van der Waals surface area contributed by atoms with Gasteiger partial charge in [0.25, 0.3) is 0 Å². The maximum Gasteiger partial charge on any atom is 0.241 e. The first-order valence-electron chi connectivity index (χ1n) is 2.89. The third kappa shape index (κ3) is 1.32. The SMILES string of the molecule is Cc1cc(N=C=O)sc1C. The number of isocyanates is 1. The zero-order valence-electron chi connectivity index (χ0n) is 5.84. The number of thiophene rings is 1. The van der Waals surface area contributed by atoms with Crippen molar-refractivity contribution in [2.45, 2.75) is 13.8 Å². The zero-order chi connectivity index (χ0) is 7.56. The van der Waals surface area contributed by atoms with E-state index in [1.807, 2.05) is 19.9 Å². The first-order chi connectivity index (χ1) is 4.74. The summed E-state index contributed by atoms with van der Waals surface area (Å²) in [5.74, 6) is 0. The fourth-order valence-corrected chi connectivity index (χ4v) is 1.51. The zero-order valence-corrected chi connectivity index (χ0v) is 6.66. The summed E-state index contributed by atoms with van der Waals surface area (Å²) in [5.41, 5.74) is 1.18. The first-order valence-corrected chi connectivity index (χ1v) is 3.70. The Labute approximate surface area is 63.2 Å². The molecular weight excluding hydrogens is 146 g/mol. The molecule has 3 heteroatoms. The second-order valence-corrected chi connectivity index (χ2v) is 3.26. The van der Waals surface area contributed by atoms with E-state index in [4.69, 9.17) is 0 Å². The predicted molar refractivity (Wildman–Crippen MR) is 41.6 cm³/mol. The summed E-state index contributed by atoms with van der Waals surface area (Å²) in [7, 11) is 0. The lowest BCUT2D eigenvalue weighted by Gasteiger charge is -1.79. The minimum atomic E-state index is 0.741. The van der Waals surface area contributed by atoms with Crippen LogP contribution in [0.3, 0.4) is 0 Å². The van der Waals surface area contributed by atoms with E-state index in [9.17, 15) is 4.79 Å². The van der Waals surface area contributed by atoms with Crippen LogP contribution in [0, 0.1) is 13.8 Å². The van der Waals surface area contributed by atoms with Crippen molar-refractivity contribution in [3.8, 4) is 0 Å². The predicted octanol–water partition coefficient (Wildman–Crippen LogP) is 2.33. The average molecular weight is 153 g/mol. The Morgan fingerprint density at radius 1 is 1.60 bits per heavy atom. The van der Waals surface area contributed by atoms with Crippen molar-refractivity contribution < 1.29 is 4.79 Å². The Balaban J connectivity index is 3.09. The highest BCUT2D eigenvalue weighted by Crippen LogP contribution is 2.27. The summed E-state index contributed by atoms with van der Waals surface area (Å²) in [6.45, 7) is 4.00. The van der Waals surface area contributed by atoms with Crippen molar-refractivity contribution in [3.05, 3.63) is 16.5 Å². The Bertz CT molecular complexity index is 264. The maximum atomic E-state index is 9.81. The van der Waals surface area contributed by atoms with E-state index in [2.05, 4.69) is 4.99 Å². The fraction of sp³-hybridized carbons (Fsp3) is 0.286. The molecule has 0 fully saturated rings. The van der Waals surface area contributed by atoms with Gasteiger partial charge in [0.2, 0.25) is 6.08 Å². The van der Waals surface area contributed by atoms with Crippen molar-refractivity contribution >= 4 is 22.4 Å². The molecule has 1 aromatic heterocycles. The molecule has 0 aliphatic carbocycles. The molecule has 0 aliphatic heterocycles. The lowest BCUT2D eigenvalue weighted by atomic mass is 10.3. The Kier molecular flexibility index (Phi) is 2.00. The van der Waals surface area contributed by atoms with Gasteiger partial charge in [0.05, 0.1) is 0 Å². The van der Waals surface area contributed by atoms with Crippen molar-refractivity contribution in [2.24, 2.45) is 4.99 Å². The third-order valence-corrected chi connectivity index (χ3v) is 2.36. The molecule has 0 radical (unpaired) electrons. The summed E-state index contributed by atoms with van der Waals surface area (Å²) < 4.78 is 0. The molecule has 1 rings (SSSR count). The third-order valence-electron chi connectivity index (χ3n) is 1.31. The second kappa shape index (κ2) is 2.78. The number of hydrogen-bond acceptors (Lipinski definition) is 3. The van der Waals surface area contributed by atoms with Crippen molar-refractivity contribution in [1.29, 1.82) is 0 Å². The molecule has 0 spiro atoms. The van der Waals surface area contributed by atoms with Gasteiger partial charge in [-0.2, -0.15) is 4.99 Å². The molecule has 0 N–H and O–H groups in total. The van der Waals surface area contributed by atoms with E-state index >= 15 is 0 Å². The van der Waals surface area contributed by atoms with Gasteiger partial charge in [-0.1, -0.05) is 0 Å². The number of nitrogens with zero attached hydrogens (tertiary/aromatic N) is 1. The molecule has 0 saturated heterocycles. The molecule has 52 valence electrons. The minimum Gasteiger partial charge on any atom is -0.211 e. The molecule has 2 nitrogen and oxygen atoms in total. The van der Waals surface area contributed by atoms with Crippen LogP contribution < -0.4 is 0 Å². The Hall–Kier alpha value is -0.920. The van der Waals surface area contributed by atoms with E-state index in [1.165, 1.54) is 27.9 Å². The van der Waals surface area contributed by atoms with Gasteiger partial charge in [0.15, 0.2) is 0 Å². The first kappa shape index (κ1) is 7.19. The number of aryl methyl sites for hydroxylation is 2. The Morgan fingerprint density at radius 2 is 2.30 bits per heavy atom. The van der Waals surface area contributed by atoms with Crippen LogP contribution in [-0.2, 0) is 4.79 Å². The highest BCUT2D eigenvalue weighted by Gasteiger charge is 1.97. The van der Waals surface area contributed by atoms with E-state index in [-0.39, 0.29) is 0 Å². The number of carbonyl (C=O) groups excluding carboxylic acids is 1. The van der Waals surface area contributed by atoms with Crippen LogP contribution in [0.5, 0.6) is 0 Å². The van der Waals surface area contributed by atoms with Crippen LogP contribution in [0.1, 0.15) is 10.4 Å². The van der Waals surface area contributed by atoms with Crippen LogP contribution >= 0.6 is 11.3 Å². The molecule has 0 atom stereocenters. The number of rotatable bonds is 1. The minimum absolute atomic E-state index is 0.741. The van der Waals surface area contributed by atoms with Gasteiger partial charge in [0, 0.05) is 4.88 Å². The monoisotopic (exact) mass is 153 g/mol. The smallest absolute Gasteiger partial charge is 0.211 e. The van der Waals surface area contributed by atoms with Crippen LogP contribution in [-0.4, -0.2) is 6.08 Å². The summed E-state index contributed by atoms with van der Waals surface area (Å²) >= 11 is 1.51. The lowest BCUT2D eigenvalue weighted by Crippen LogP contribution is -1.61. The molecule has 0 amide bonds. The molecule has 0 bridgehead atoms. The molecule has 0 unspecified atom stereocenters. The van der Waals surface area contributed by atoms with Crippen molar-refractivity contribution in [2.75, 3.05) is 0 Å².